The maximum Gasteiger partial charge on any atom is 0.419 e. The lowest BCUT2D eigenvalue weighted by molar-refractivity contribution is -0.139. The number of nitrogens with one attached hydrogen (secondary N) is 1. The number of halogens is 6. The first-order chi connectivity index (χ1) is 9.68. The van der Waals surface area contributed by atoms with E-state index in [4.69, 9.17) is 5.73 Å². The Bertz CT molecular complexity index is 685. The first-order valence-corrected chi connectivity index (χ1v) is 6.64. The predicted octanol–water partition coefficient (Wildman–Crippen LogP) is 4.91. The molecule has 8 heteroatoms. The minimum Gasteiger partial charge on any atom is -0.397 e. The van der Waals surface area contributed by atoms with Crippen LogP contribution < -0.4 is 11.1 Å². The summed E-state index contributed by atoms with van der Waals surface area (Å²) in [5.41, 5.74) is 4.48. The molecule has 0 saturated carbocycles. The monoisotopic (exact) mass is 414 g/mol. The molecule has 0 saturated heterocycles. The Morgan fingerprint density at radius 3 is 2.29 bits per heavy atom. The SMILES string of the molecule is Nc1cc(I)c(F)cc1Nc1ccc(F)c(C(F)(F)F)c1. The summed E-state index contributed by atoms with van der Waals surface area (Å²) in [6.07, 6.45) is -4.81. The van der Waals surface area contributed by atoms with Crippen molar-refractivity contribution in [1.29, 1.82) is 0 Å². The molecule has 112 valence electrons. The van der Waals surface area contributed by atoms with Crippen LogP contribution in [0, 0.1) is 15.2 Å². The number of nitrogens with two attached hydrogens (primary N) is 1. The van der Waals surface area contributed by atoms with Gasteiger partial charge in [-0.1, -0.05) is 0 Å². The molecule has 0 aliphatic heterocycles. The van der Waals surface area contributed by atoms with Gasteiger partial charge in [-0.05, 0) is 46.9 Å². The van der Waals surface area contributed by atoms with Gasteiger partial charge in [0.05, 0.1) is 20.5 Å². The third kappa shape index (κ3) is 3.55. The summed E-state index contributed by atoms with van der Waals surface area (Å²) in [5, 5.41) is 2.54. The molecule has 0 radical (unpaired) electrons. The summed E-state index contributed by atoms with van der Waals surface area (Å²) in [6, 6.07) is 4.80. The van der Waals surface area contributed by atoms with Gasteiger partial charge in [-0.3, -0.25) is 0 Å². The predicted molar refractivity (Wildman–Crippen MR) is 78.2 cm³/mol. The van der Waals surface area contributed by atoms with Crippen LogP contribution in [-0.4, -0.2) is 0 Å². The fraction of sp³-hybridized carbons (Fsp3) is 0.0769. The van der Waals surface area contributed by atoms with Gasteiger partial charge in [0, 0.05) is 11.8 Å². The van der Waals surface area contributed by atoms with Crippen LogP contribution in [0.15, 0.2) is 30.3 Å². The van der Waals surface area contributed by atoms with Crippen molar-refractivity contribution in [2.75, 3.05) is 11.1 Å². The molecule has 0 atom stereocenters. The molecule has 2 aromatic rings. The molecular weight excluding hydrogens is 406 g/mol. The smallest absolute Gasteiger partial charge is 0.397 e. The van der Waals surface area contributed by atoms with Crippen molar-refractivity contribution >= 4 is 39.7 Å². The zero-order chi connectivity index (χ0) is 15.8. The van der Waals surface area contributed by atoms with E-state index in [2.05, 4.69) is 5.32 Å². The average Bonchev–Trinajstić information content (AvgIpc) is 2.37. The van der Waals surface area contributed by atoms with Crippen LogP contribution in [0.1, 0.15) is 5.56 Å². The highest BCUT2D eigenvalue weighted by Gasteiger charge is 2.34. The van der Waals surface area contributed by atoms with Crippen LogP contribution in [0.5, 0.6) is 0 Å². The maximum absolute atomic E-state index is 13.5. The standard InChI is InChI=1S/C13H8F5IN2/c14-8-2-1-6(3-7(8)13(16,17)18)21-12-4-9(15)10(19)5-11(12)20/h1-5,21H,20H2. The van der Waals surface area contributed by atoms with E-state index in [-0.39, 0.29) is 20.6 Å². The minimum absolute atomic E-state index is 0.0453. The van der Waals surface area contributed by atoms with Gasteiger partial charge in [0.25, 0.3) is 0 Å². The molecule has 2 aromatic carbocycles. The topological polar surface area (TPSA) is 38.0 Å². The zero-order valence-electron chi connectivity index (χ0n) is 10.2. The molecule has 0 bridgehead atoms. The molecule has 0 aromatic heterocycles. The highest BCUT2D eigenvalue weighted by atomic mass is 127. The Kier molecular flexibility index (Phi) is 4.26. The summed E-state index contributed by atoms with van der Waals surface area (Å²) >= 11 is 1.74. The maximum atomic E-state index is 13.5. The summed E-state index contributed by atoms with van der Waals surface area (Å²) < 4.78 is 64.7. The van der Waals surface area contributed by atoms with Crippen molar-refractivity contribution in [3.05, 3.63) is 51.1 Å². The van der Waals surface area contributed by atoms with Crippen LogP contribution in [0.3, 0.4) is 0 Å². The van der Waals surface area contributed by atoms with E-state index in [0.29, 0.717) is 12.1 Å². The molecule has 0 unspecified atom stereocenters. The van der Waals surface area contributed by atoms with Crippen molar-refractivity contribution in [3.8, 4) is 0 Å². The molecule has 3 N–H and O–H groups in total. The molecule has 0 fully saturated rings. The fourth-order valence-electron chi connectivity index (χ4n) is 1.65. The number of alkyl halides is 3. The first kappa shape index (κ1) is 15.8. The van der Waals surface area contributed by atoms with Gasteiger partial charge in [-0.2, -0.15) is 13.2 Å². The Labute approximate surface area is 130 Å². The molecule has 2 rings (SSSR count). The number of anilines is 3. The number of hydrogen-bond donors (Lipinski definition) is 2. The third-order valence-corrected chi connectivity index (χ3v) is 3.47. The second-order valence-corrected chi connectivity index (χ2v) is 5.33. The van der Waals surface area contributed by atoms with Crippen molar-refractivity contribution in [2.45, 2.75) is 6.18 Å². The number of rotatable bonds is 2. The van der Waals surface area contributed by atoms with Gasteiger partial charge >= 0.3 is 6.18 Å². The van der Waals surface area contributed by atoms with Gasteiger partial charge in [0.15, 0.2) is 0 Å². The summed E-state index contributed by atoms with van der Waals surface area (Å²) in [5.74, 6) is -1.94. The van der Waals surface area contributed by atoms with Crippen molar-refractivity contribution < 1.29 is 22.0 Å². The second kappa shape index (κ2) is 5.66. The van der Waals surface area contributed by atoms with E-state index >= 15 is 0 Å². The van der Waals surface area contributed by atoms with E-state index in [9.17, 15) is 22.0 Å². The average molecular weight is 414 g/mol. The van der Waals surface area contributed by atoms with Gasteiger partial charge in [0.1, 0.15) is 11.6 Å². The molecule has 0 spiro atoms. The minimum atomic E-state index is -4.81. The lowest BCUT2D eigenvalue weighted by atomic mass is 10.1. The lowest BCUT2D eigenvalue weighted by Crippen LogP contribution is -2.09. The largest absolute Gasteiger partial charge is 0.419 e. The number of benzene rings is 2. The van der Waals surface area contributed by atoms with Gasteiger partial charge < -0.3 is 11.1 Å². The summed E-state index contributed by atoms with van der Waals surface area (Å²) in [4.78, 5) is 0. The first-order valence-electron chi connectivity index (χ1n) is 5.57. The van der Waals surface area contributed by atoms with Crippen molar-refractivity contribution in [1.82, 2.24) is 0 Å². The number of hydrogen-bond acceptors (Lipinski definition) is 2. The van der Waals surface area contributed by atoms with Gasteiger partial charge in [0.2, 0.25) is 0 Å². The van der Waals surface area contributed by atoms with E-state index in [1.165, 1.54) is 6.07 Å². The van der Waals surface area contributed by atoms with Gasteiger partial charge in [-0.25, -0.2) is 8.78 Å². The molecular formula is C13H8F5IN2. The van der Waals surface area contributed by atoms with E-state index in [1.54, 1.807) is 22.6 Å². The van der Waals surface area contributed by atoms with E-state index in [1.807, 2.05) is 0 Å². The lowest BCUT2D eigenvalue weighted by Gasteiger charge is -2.13. The molecule has 0 aliphatic carbocycles. The molecule has 2 nitrogen and oxygen atoms in total. The summed E-state index contributed by atoms with van der Waals surface area (Å²) in [7, 11) is 0. The Hall–Kier alpha value is -1.58. The molecule has 0 aliphatic rings. The summed E-state index contributed by atoms with van der Waals surface area (Å²) in [6.45, 7) is 0. The Morgan fingerprint density at radius 2 is 1.67 bits per heavy atom. The third-order valence-electron chi connectivity index (χ3n) is 2.64. The van der Waals surface area contributed by atoms with Crippen LogP contribution in [0.2, 0.25) is 0 Å². The second-order valence-electron chi connectivity index (χ2n) is 4.17. The number of nitrogen functional groups attached to an aromatic ring is 1. The quantitative estimate of drug-likeness (QED) is 0.416. The Morgan fingerprint density at radius 1 is 1.00 bits per heavy atom. The van der Waals surface area contributed by atoms with Gasteiger partial charge in [-0.15, -0.1) is 0 Å². The van der Waals surface area contributed by atoms with E-state index in [0.717, 1.165) is 12.1 Å². The van der Waals surface area contributed by atoms with Crippen molar-refractivity contribution in [2.24, 2.45) is 0 Å². The highest BCUT2D eigenvalue weighted by Crippen LogP contribution is 2.34. The highest BCUT2D eigenvalue weighted by molar-refractivity contribution is 14.1. The van der Waals surface area contributed by atoms with E-state index < -0.39 is 23.4 Å². The molecule has 0 amide bonds. The van der Waals surface area contributed by atoms with Crippen LogP contribution >= 0.6 is 22.6 Å². The van der Waals surface area contributed by atoms with Crippen molar-refractivity contribution in [3.63, 3.8) is 0 Å². The Balaban J connectivity index is 2.39. The van der Waals surface area contributed by atoms with Crippen LogP contribution in [0.4, 0.5) is 39.0 Å². The fourth-order valence-corrected chi connectivity index (χ4v) is 2.14. The zero-order valence-corrected chi connectivity index (χ0v) is 12.4. The molecule has 21 heavy (non-hydrogen) atoms. The van der Waals surface area contributed by atoms with Crippen LogP contribution in [-0.2, 0) is 6.18 Å². The van der Waals surface area contributed by atoms with Crippen LogP contribution in [0.25, 0.3) is 0 Å². The molecule has 0 heterocycles. The normalized spacial score (nSPS) is 11.5.